The third-order valence-corrected chi connectivity index (χ3v) is 6.60. The Morgan fingerprint density at radius 1 is 1.24 bits per heavy atom. The quantitative estimate of drug-likeness (QED) is 0.522. The minimum atomic E-state index is -0.121. The number of pyridine rings is 1. The van der Waals surface area contributed by atoms with Gasteiger partial charge in [0.25, 0.3) is 0 Å². The third-order valence-electron chi connectivity index (χ3n) is 6.29. The van der Waals surface area contributed by atoms with Crippen LogP contribution in [0.3, 0.4) is 0 Å². The van der Waals surface area contributed by atoms with Gasteiger partial charge in [-0.25, -0.2) is 0 Å². The van der Waals surface area contributed by atoms with Crippen LogP contribution in [-0.4, -0.2) is 27.7 Å². The first-order chi connectivity index (χ1) is 15.8. The number of thiocarbonyl (C=S) groups is 1. The number of carbonyl (C=O) groups excluding carboxylic acids is 1. The number of rotatable bonds is 6. The van der Waals surface area contributed by atoms with Crippen LogP contribution in [-0.2, 0) is 11.8 Å². The first-order valence-electron chi connectivity index (χ1n) is 11.0. The molecule has 4 rings (SSSR count). The molecule has 3 heterocycles. The zero-order valence-electron chi connectivity index (χ0n) is 19.5. The number of aryl methyl sites for hydroxylation is 1. The van der Waals surface area contributed by atoms with Gasteiger partial charge in [-0.2, -0.15) is 0 Å². The van der Waals surface area contributed by atoms with Crippen molar-refractivity contribution in [2.75, 3.05) is 17.3 Å². The van der Waals surface area contributed by atoms with Crippen molar-refractivity contribution >= 4 is 34.6 Å². The molecule has 2 atom stereocenters. The largest absolute Gasteiger partial charge is 0.494 e. The SMILES string of the molecule is CCC(=O)Nc1ccc(N2C(=S)N[C@H](c3ccccn3)[C@@H]2c2cc(C)n(C)c2C)cc1OC. The van der Waals surface area contributed by atoms with E-state index in [1.807, 2.05) is 43.3 Å². The molecule has 172 valence electrons. The van der Waals surface area contributed by atoms with Gasteiger partial charge >= 0.3 is 0 Å². The predicted octanol–water partition coefficient (Wildman–Crippen LogP) is 4.57. The number of nitrogens with zero attached hydrogens (tertiary/aromatic N) is 3. The molecule has 1 aromatic carbocycles. The summed E-state index contributed by atoms with van der Waals surface area (Å²) in [6.45, 7) is 6.05. The lowest BCUT2D eigenvalue weighted by molar-refractivity contribution is -0.115. The molecule has 33 heavy (non-hydrogen) atoms. The number of methoxy groups -OCH3 is 1. The highest BCUT2D eigenvalue weighted by molar-refractivity contribution is 7.80. The molecule has 1 fully saturated rings. The van der Waals surface area contributed by atoms with Crippen LogP contribution in [0.4, 0.5) is 11.4 Å². The maximum absolute atomic E-state index is 11.9. The Morgan fingerprint density at radius 2 is 2.03 bits per heavy atom. The second-order valence-corrected chi connectivity index (χ2v) is 8.56. The van der Waals surface area contributed by atoms with E-state index < -0.39 is 0 Å². The van der Waals surface area contributed by atoms with Gasteiger partial charge in [0.05, 0.1) is 30.6 Å². The predicted molar refractivity (Wildman–Crippen MR) is 135 cm³/mol. The number of amides is 1. The average Bonchev–Trinajstić information content (AvgIpc) is 3.30. The number of ether oxygens (including phenoxy) is 1. The van der Waals surface area contributed by atoms with Crippen LogP contribution in [0.2, 0.25) is 0 Å². The smallest absolute Gasteiger partial charge is 0.224 e. The van der Waals surface area contributed by atoms with E-state index in [9.17, 15) is 4.79 Å². The van der Waals surface area contributed by atoms with E-state index in [0.717, 1.165) is 11.4 Å². The highest BCUT2D eigenvalue weighted by atomic mass is 32.1. The molecule has 0 unspecified atom stereocenters. The number of benzene rings is 1. The topological polar surface area (TPSA) is 71.4 Å². The van der Waals surface area contributed by atoms with Gasteiger partial charge in [-0.3, -0.25) is 9.78 Å². The second-order valence-electron chi connectivity index (χ2n) is 8.17. The minimum Gasteiger partial charge on any atom is -0.494 e. The van der Waals surface area contributed by atoms with Crippen LogP contribution in [0, 0.1) is 13.8 Å². The van der Waals surface area contributed by atoms with Crippen molar-refractivity contribution < 1.29 is 9.53 Å². The van der Waals surface area contributed by atoms with Crippen molar-refractivity contribution in [1.29, 1.82) is 0 Å². The molecule has 7 nitrogen and oxygen atoms in total. The molecule has 0 bridgehead atoms. The van der Waals surface area contributed by atoms with Crippen LogP contribution >= 0.6 is 12.2 Å². The molecule has 1 aliphatic heterocycles. The lowest BCUT2D eigenvalue weighted by Gasteiger charge is -2.28. The first-order valence-corrected chi connectivity index (χ1v) is 11.4. The Balaban J connectivity index is 1.82. The van der Waals surface area contributed by atoms with E-state index in [-0.39, 0.29) is 18.0 Å². The molecular weight excluding hydrogens is 434 g/mol. The van der Waals surface area contributed by atoms with Crippen LogP contribution in [0.1, 0.15) is 48.1 Å². The molecule has 0 saturated carbocycles. The lowest BCUT2D eigenvalue weighted by atomic mass is 9.96. The van der Waals surface area contributed by atoms with Crippen molar-refractivity contribution in [3.05, 3.63) is 71.3 Å². The maximum atomic E-state index is 11.9. The lowest BCUT2D eigenvalue weighted by Crippen LogP contribution is -2.29. The van der Waals surface area contributed by atoms with Crippen molar-refractivity contribution in [1.82, 2.24) is 14.9 Å². The summed E-state index contributed by atoms with van der Waals surface area (Å²) < 4.78 is 7.79. The van der Waals surface area contributed by atoms with Gasteiger partial charge < -0.3 is 24.8 Å². The van der Waals surface area contributed by atoms with Gasteiger partial charge in [0.2, 0.25) is 5.91 Å². The zero-order valence-corrected chi connectivity index (χ0v) is 20.4. The van der Waals surface area contributed by atoms with Gasteiger partial charge in [-0.1, -0.05) is 13.0 Å². The Bertz CT molecular complexity index is 1190. The van der Waals surface area contributed by atoms with Gasteiger partial charge in [0.15, 0.2) is 5.11 Å². The van der Waals surface area contributed by atoms with E-state index in [2.05, 4.69) is 52.0 Å². The molecule has 0 spiro atoms. The molecule has 0 radical (unpaired) electrons. The van der Waals surface area contributed by atoms with Crippen molar-refractivity contribution in [3.63, 3.8) is 0 Å². The molecule has 1 amide bonds. The van der Waals surface area contributed by atoms with Crippen molar-refractivity contribution in [2.24, 2.45) is 7.05 Å². The number of nitrogens with one attached hydrogen (secondary N) is 2. The van der Waals surface area contributed by atoms with Crippen molar-refractivity contribution in [3.8, 4) is 5.75 Å². The molecule has 8 heteroatoms. The summed E-state index contributed by atoms with van der Waals surface area (Å²) >= 11 is 5.83. The average molecular weight is 464 g/mol. The molecule has 0 aliphatic carbocycles. The second kappa shape index (κ2) is 9.23. The first kappa shape index (κ1) is 22.8. The summed E-state index contributed by atoms with van der Waals surface area (Å²) in [5.41, 5.74) is 5.97. The summed E-state index contributed by atoms with van der Waals surface area (Å²) in [6.07, 6.45) is 2.20. The molecular formula is C25H29N5O2S. The molecule has 3 aromatic rings. The molecule has 2 aromatic heterocycles. The van der Waals surface area contributed by atoms with Gasteiger partial charge in [0.1, 0.15) is 5.75 Å². The molecule has 2 N–H and O–H groups in total. The number of hydrogen-bond donors (Lipinski definition) is 2. The van der Waals surface area contributed by atoms with E-state index in [1.165, 1.54) is 17.0 Å². The van der Waals surface area contributed by atoms with Gasteiger partial charge in [-0.15, -0.1) is 0 Å². The summed E-state index contributed by atoms with van der Waals surface area (Å²) in [7, 11) is 3.67. The normalized spacial score (nSPS) is 17.7. The van der Waals surface area contributed by atoms with E-state index in [4.69, 9.17) is 17.0 Å². The van der Waals surface area contributed by atoms with E-state index in [0.29, 0.717) is 23.0 Å². The van der Waals surface area contributed by atoms with Crippen LogP contribution in [0.15, 0.2) is 48.7 Å². The molecule has 1 saturated heterocycles. The minimum absolute atomic E-state index is 0.0668. The number of aromatic nitrogens is 2. The fourth-order valence-corrected chi connectivity index (χ4v) is 4.65. The standard InChI is InChI=1S/C25H29N5O2S/c1-6-22(31)27-19-11-10-17(14-21(19)32-5)30-24(18-13-15(2)29(4)16(18)3)23(28-25(30)33)20-9-7-8-12-26-20/h7-14,23-24H,6H2,1-5H3,(H,27,31)(H,28,33)/t23-,24+/m1/s1. The Morgan fingerprint density at radius 3 is 2.64 bits per heavy atom. The Hall–Kier alpha value is -3.39. The van der Waals surface area contributed by atoms with Crippen LogP contribution < -0.4 is 20.3 Å². The fourth-order valence-electron chi connectivity index (χ4n) is 4.30. The van der Waals surface area contributed by atoms with Crippen molar-refractivity contribution in [2.45, 2.75) is 39.3 Å². The summed E-state index contributed by atoms with van der Waals surface area (Å²) in [6, 6.07) is 13.6. The van der Waals surface area contributed by atoms with Crippen LogP contribution in [0.5, 0.6) is 5.75 Å². The fraction of sp³-hybridized carbons (Fsp3) is 0.320. The molecule has 1 aliphatic rings. The summed E-state index contributed by atoms with van der Waals surface area (Å²) in [4.78, 5) is 18.7. The van der Waals surface area contributed by atoms with E-state index in [1.54, 1.807) is 13.3 Å². The van der Waals surface area contributed by atoms with E-state index >= 15 is 0 Å². The van der Waals surface area contributed by atoms with Crippen LogP contribution in [0.25, 0.3) is 0 Å². The summed E-state index contributed by atoms with van der Waals surface area (Å²) in [5.74, 6) is 0.515. The van der Waals surface area contributed by atoms with Gasteiger partial charge in [0, 0.05) is 42.8 Å². The maximum Gasteiger partial charge on any atom is 0.224 e. The highest BCUT2D eigenvalue weighted by Crippen LogP contribution is 2.44. The number of carbonyl (C=O) groups is 1. The number of anilines is 2. The Labute approximate surface area is 199 Å². The number of hydrogen-bond acceptors (Lipinski definition) is 4. The highest BCUT2D eigenvalue weighted by Gasteiger charge is 2.42. The van der Waals surface area contributed by atoms with Gasteiger partial charge in [-0.05, 0) is 62.0 Å². The Kier molecular flexibility index (Phi) is 6.37. The zero-order chi connectivity index (χ0) is 23.7. The summed E-state index contributed by atoms with van der Waals surface area (Å²) in [5, 5.41) is 7.00. The third kappa shape index (κ3) is 4.18. The monoisotopic (exact) mass is 463 g/mol.